The van der Waals surface area contributed by atoms with Gasteiger partial charge in [-0.05, 0) is 23.6 Å². The van der Waals surface area contributed by atoms with E-state index in [-0.39, 0.29) is 17.7 Å². The lowest BCUT2D eigenvalue weighted by molar-refractivity contribution is -0.139. The third-order valence-electron chi connectivity index (χ3n) is 3.85. The van der Waals surface area contributed by atoms with Gasteiger partial charge >= 0.3 is 0 Å². The topological polar surface area (TPSA) is 46.6 Å². The highest BCUT2D eigenvalue weighted by molar-refractivity contribution is 6.03. The van der Waals surface area contributed by atoms with E-state index in [4.69, 9.17) is 4.74 Å². The van der Waals surface area contributed by atoms with E-state index in [2.05, 4.69) is 6.07 Å². The molecule has 1 fully saturated rings. The fourth-order valence-corrected chi connectivity index (χ4v) is 2.72. The Hall–Kier alpha value is -1.84. The molecule has 2 amide bonds. The van der Waals surface area contributed by atoms with Gasteiger partial charge in [0.15, 0.2) is 0 Å². The molecule has 1 unspecified atom stereocenters. The number of hydrogen-bond donors (Lipinski definition) is 0. The number of nitrogens with zero attached hydrogens (tertiary/aromatic N) is 1. The maximum atomic E-state index is 11.8. The van der Waals surface area contributed by atoms with Crippen LogP contribution in [0.2, 0.25) is 0 Å². The Morgan fingerprint density at radius 2 is 2.21 bits per heavy atom. The first-order valence-corrected chi connectivity index (χ1v) is 6.74. The summed E-state index contributed by atoms with van der Waals surface area (Å²) in [6.45, 7) is 3.05. The van der Waals surface area contributed by atoms with Crippen molar-refractivity contribution in [2.24, 2.45) is 5.92 Å². The second-order valence-corrected chi connectivity index (χ2v) is 5.28. The van der Waals surface area contributed by atoms with Crippen LogP contribution in [0.25, 0.3) is 0 Å². The summed E-state index contributed by atoms with van der Waals surface area (Å²) < 4.78 is 5.46. The van der Waals surface area contributed by atoms with Crippen LogP contribution in [0.4, 0.5) is 0 Å². The van der Waals surface area contributed by atoms with Crippen molar-refractivity contribution in [2.75, 3.05) is 13.2 Å². The molecule has 19 heavy (non-hydrogen) atoms. The molecule has 1 atom stereocenters. The molecule has 1 aromatic rings. The summed E-state index contributed by atoms with van der Waals surface area (Å²) >= 11 is 0. The van der Waals surface area contributed by atoms with Crippen LogP contribution in [0, 0.1) is 5.92 Å². The summed E-state index contributed by atoms with van der Waals surface area (Å²) in [5, 5.41) is 0. The minimum atomic E-state index is -0.152. The van der Waals surface area contributed by atoms with Crippen molar-refractivity contribution >= 4 is 11.8 Å². The summed E-state index contributed by atoms with van der Waals surface area (Å²) in [5.74, 6) is 0.739. The zero-order valence-electron chi connectivity index (χ0n) is 11.0. The molecular formula is C15H17NO3. The molecule has 100 valence electrons. The normalized spacial score (nSPS) is 21.7. The van der Waals surface area contributed by atoms with Gasteiger partial charge < -0.3 is 4.74 Å². The predicted octanol–water partition coefficient (Wildman–Crippen LogP) is 1.56. The summed E-state index contributed by atoms with van der Waals surface area (Å²) in [4.78, 5) is 24.9. The molecule has 0 spiro atoms. The quantitative estimate of drug-likeness (QED) is 0.774. The molecule has 3 rings (SSSR count). The van der Waals surface area contributed by atoms with Crippen LogP contribution in [0.5, 0.6) is 5.75 Å². The zero-order chi connectivity index (χ0) is 13.4. The highest BCUT2D eigenvalue weighted by atomic mass is 16.5. The molecule has 0 saturated carbocycles. The average Bonchev–Trinajstić information content (AvgIpc) is 2.94. The number of imide groups is 1. The highest BCUT2D eigenvalue weighted by Gasteiger charge is 2.34. The minimum Gasteiger partial charge on any atom is -0.493 e. The first kappa shape index (κ1) is 12.2. The molecule has 0 radical (unpaired) electrons. The van der Waals surface area contributed by atoms with Gasteiger partial charge in [-0.15, -0.1) is 0 Å². The fourth-order valence-electron chi connectivity index (χ4n) is 2.72. The van der Waals surface area contributed by atoms with Gasteiger partial charge in [0.25, 0.3) is 0 Å². The molecule has 1 saturated heterocycles. The van der Waals surface area contributed by atoms with Crippen LogP contribution in [-0.2, 0) is 22.4 Å². The largest absolute Gasteiger partial charge is 0.493 e. The van der Waals surface area contributed by atoms with Crippen molar-refractivity contribution < 1.29 is 14.3 Å². The minimum absolute atomic E-state index is 0.0329. The van der Waals surface area contributed by atoms with E-state index in [1.54, 1.807) is 0 Å². The number of amides is 2. The maximum absolute atomic E-state index is 11.8. The average molecular weight is 259 g/mol. The maximum Gasteiger partial charge on any atom is 0.232 e. The lowest BCUT2D eigenvalue weighted by atomic mass is 10.1. The van der Waals surface area contributed by atoms with Crippen molar-refractivity contribution in [3.8, 4) is 5.75 Å². The van der Waals surface area contributed by atoms with Crippen LogP contribution in [-0.4, -0.2) is 29.9 Å². The number of fused-ring (bicyclic) bond motifs is 1. The van der Waals surface area contributed by atoms with Crippen LogP contribution < -0.4 is 4.74 Å². The van der Waals surface area contributed by atoms with Crippen LogP contribution in [0.15, 0.2) is 18.2 Å². The monoisotopic (exact) mass is 259 g/mol. The molecule has 0 N–H and O–H groups in total. The van der Waals surface area contributed by atoms with Gasteiger partial charge in [-0.2, -0.15) is 0 Å². The van der Waals surface area contributed by atoms with Gasteiger partial charge in [0.1, 0.15) is 5.75 Å². The number of benzene rings is 1. The van der Waals surface area contributed by atoms with Crippen molar-refractivity contribution in [3.63, 3.8) is 0 Å². The number of hydrogen-bond acceptors (Lipinski definition) is 3. The number of carbonyl (C=O) groups is 2. The standard InChI is InChI=1S/C15H17NO3/c1-10-8-14(17)16(15(10)18)6-4-11-2-3-13-12(9-11)5-7-19-13/h2-3,9-10H,4-8H2,1H3. The third kappa shape index (κ3) is 2.23. The summed E-state index contributed by atoms with van der Waals surface area (Å²) in [6.07, 6.45) is 2.02. The van der Waals surface area contributed by atoms with Crippen molar-refractivity contribution in [2.45, 2.75) is 26.2 Å². The molecule has 2 aliphatic rings. The number of rotatable bonds is 3. The third-order valence-corrected chi connectivity index (χ3v) is 3.85. The lowest BCUT2D eigenvalue weighted by Gasteiger charge is -2.14. The molecule has 0 aromatic heterocycles. The van der Waals surface area contributed by atoms with Gasteiger partial charge in [-0.1, -0.05) is 19.1 Å². The first-order valence-electron chi connectivity index (χ1n) is 6.74. The Balaban J connectivity index is 1.66. The number of ether oxygens (including phenoxy) is 1. The van der Waals surface area contributed by atoms with Gasteiger partial charge in [0.2, 0.25) is 11.8 Å². The SMILES string of the molecule is CC1CC(=O)N(CCc2ccc3c(c2)CCO3)C1=O. The van der Waals surface area contributed by atoms with E-state index in [9.17, 15) is 9.59 Å². The van der Waals surface area contributed by atoms with Crippen LogP contribution in [0.1, 0.15) is 24.5 Å². The Morgan fingerprint density at radius 3 is 2.95 bits per heavy atom. The summed E-state index contributed by atoms with van der Waals surface area (Å²) in [6, 6.07) is 6.11. The zero-order valence-corrected chi connectivity index (χ0v) is 11.0. The molecular weight excluding hydrogens is 242 g/mol. The smallest absolute Gasteiger partial charge is 0.232 e. The lowest BCUT2D eigenvalue weighted by Crippen LogP contribution is -2.32. The van der Waals surface area contributed by atoms with Gasteiger partial charge in [0.05, 0.1) is 6.61 Å². The predicted molar refractivity (Wildman–Crippen MR) is 69.8 cm³/mol. The van der Waals surface area contributed by atoms with Crippen LogP contribution in [0.3, 0.4) is 0 Å². The van der Waals surface area contributed by atoms with Crippen LogP contribution >= 0.6 is 0 Å². The second-order valence-electron chi connectivity index (χ2n) is 5.28. The van der Waals surface area contributed by atoms with E-state index in [0.29, 0.717) is 13.0 Å². The molecule has 1 aromatic carbocycles. The highest BCUT2D eigenvalue weighted by Crippen LogP contribution is 2.26. The second kappa shape index (κ2) is 4.68. The number of carbonyl (C=O) groups excluding carboxylic acids is 2. The Labute approximate surface area is 112 Å². The van der Waals surface area contributed by atoms with Gasteiger partial charge in [-0.3, -0.25) is 14.5 Å². The van der Waals surface area contributed by atoms with E-state index in [0.717, 1.165) is 30.8 Å². The van der Waals surface area contributed by atoms with Crippen molar-refractivity contribution in [1.82, 2.24) is 4.90 Å². The first-order chi connectivity index (χ1) is 9.15. The molecule has 0 aliphatic carbocycles. The van der Waals surface area contributed by atoms with Gasteiger partial charge in [0, 0.05) is 25.3 Å². The molecule has 4 nitrogen and oxygen atoms in total. The molecule has 0 bridgehead atoms. The van der Waals surface area contributed by atoms with Crippen molar-refractivity contribution in [3.05, 3.63) is 29.3 Å². The Bertz CT molecular complexity index is 538. The van der Waals surface area contributed by atoms with E-state index in [1.807, 2.05) is 19.1 Å². The van der Waals surface area contributed by atoms with E-state index >= 15 is 0 Å². The molecule has 4 heteroatoms. The van der Waals surface area contributed by atoms with Crippen molar-refractivity contribution in [1.29, 1.82) is 0 Å². The summed E-state index contributed by atoms with van der Waals surface area (Å²) in [5.41, 5.74) is 2.38. The molecule has 2 heterocycles. The van der Waals surface area contributed by atoms with E-state index in [1.165, 1.54) is 10.5 Å². The Kier molecular flexibility index (Phi) is 3.01. The number of likely N-dealkylation sites (tertiary alicyclic amines) is 1. The Morgan fingerprint density at radius 1 is 1.37 bits per heavy atom. The fraction of sp³-hybridized carbons (Fsp3) is 0.467. The molecule has 2 aliphatic heterocycles. The summed E-state index contributed by atoms with van der Waals surface area (Å²) in [7, 11) is 0. The van der Waals surface area contributed by atoms with E-state index < -0.39 is 0 Å². The van der Waals surface area contributed by atoms with Gasteiger partial charge in [-0.25, -0.2) is 0 Å².